The van der Waals surface area contributed by atoms with E-state index >= 15 is 0 Å². The van der Waals surface area contributed by atoms with Crippen LogP contribution in [0.15, 0.2) is 54.6 Å². The van der Waals surface area contributed by atoms with Crippen LogP contribution in [0, 0.1) is 0 Å². The van der Waals surface area contributed by atoms with Gasteiger partial charge in [-0.15, -0.1) is 0 Å². The fourth-order valence-corrected chi connectivity index (χ4v) is 3.09. The minimum absolute atomic E-state index is 0.219. The molecule has 1 aliphatic heterocycles. The van der Waals surface area contributed by atoms with Gasteiger partial charge in [-0.1, -0.05) is 42.5 Å². The van der Waals surface area contributed by atoms with E-state index in [9.17, 15) is 4.79 Å². The maximum absolute atomic E-state index is 11.2. The first kappa shape index (κ1) is 15.6. The molecular weight excluding hydrogens is 290 g/mol. The van der Waals surface area contributed by atoms with E-state index in [1.54, 1.807) is 24.3 Å². The van der Waals surface area contributed by atoms with Gasteiger partial charge in [0.2, 0.25) is 0 Å². The van der Waals surface area contributed by atoms with Crippen molar-refractivity contribution in [1.29, 1.82) is 0 Å². The van der Waals surface area contributed by atoms with E-state index in [4.69, 9.17) is 9.84 Å². The number of nitrogens with zero attached hydrogens (tertiary/aromatic N) is 1. The number of hydrogen-bond donors (Lipinski definition) is 1. The van der Waals surface area contributed by atoms with Crippen LogP contribution in [0.5, 0.6) is 5.75 Å². The quantitative estimate of drug-likeness (QED) is 0.889. The molecule has 23 heavy (non-hydrogen) atoms. The van der Waals surface area contributed by atoms with Gasteiger partial charge >= 0.3 is 5.97 Å². The second-order valence-corrected chi connectivity index (χ2v) is 5.85. The molecule has 1 aliphatic rings. The molecule has 0 unspecified atom stereocenters. The lowest BCUT2D eigenvalue weighted by Crippen LogP contribution is -2.26. The smallest absolute Gasteiger partial charge is 0.339 e. The third-order valence-corrected chi connectivity index (χ3v) is 4.33. The van der Waals surface area contributed by atoms with Gasteiger partial charge in [0.05, 0.1) is 0 Å². The molecular formula is C19H21NO3. The molecule has 0 spiro atoms. The zero-order valence-corrected chi connectivity index (χ0v) is 13.0. The highest BCUT2D eigenvalue weighted by Crippen LogP contribution is 2.26. The van der Waals surface area contributed by atoms with Crippen LogP contribution in [0.1, 0.15) is 28.3 Å². The Hall–Kier alpha value is -2.33. The maximum atomic E-state index is 11.2. The van der Waals surface area contributed by atoms with E-state index in [2.05, 4.69) is 29.2 Å². The summed E-state index contributed by atoms with van der Waals surface area (Å²) in [6.07, 6.45) is 1.16. The summed E-state index contributed by atoms with van der Waals surface area (Å²) in [5.74, 6) is 0.0761. The number of carboxylic acids is 1. The average Bonchev–Trinajstić information content (AvgIpc) is 3.05. The maximum Gasteiger partial charge on any atom is 0.339 e. The molecule has 1 N–H and O–H groups in total. The third kappa shape index (κ3) is 3.90. The van der Waals surface area contributed by atoms with Gasteiger partial charge in [0, 0.05) is 13.1 Å². The molecule has 1 fully saturated rings. The summed E-state index contributed by atoms with van der Waals surface area (Å²) in [5, 5.41) is 9.15. The van der Waals surface area contributed by atoms with Crippen LogP contribution in [-0.4, -0.2) is 42.2 Å². The molecule has 1 heterocycles. The topological polar surface area (TPSA) is 49.8 Å². The summed E-state index contributed by atoms with van der Waals surface area (Å²) in [4.78, 5) is 13.5. The summed E-state index contributed by atoms with van der Waals surface area (Å²) in [6.45, 7) is 3.42. The molecule has 2 aromatic carbocycles. The van der Waals surface area contributed by atoms with E-state index in [1.165, 1.54) is 5.56 Å². The molecule has 4 heteroatoms. The fourth-order valence-electron chi connectivity index (χ4n) is 3.09. The van der Waals surface area contributed by atoms with Crippen molar-refractivity contribution in [1.82, 2.24) is 4.90 Å². The van der Waals surface area contributed by atoms with Gasteiger partial charge in [-0.25, -0.2) is 4.79 Å². The van der Waals surface area contributed by atoms with Crippen LogP contribution in [0.25, 0.3) is 0 Å². The second kappa shape index (κ2) is 7.29. The van der Waals surface area contributed by atoms with Crippen molar-refractivity contribution in [2.75, 3.05) is 26.2 Å². The first-order valence-electron chi connectivity index (χ1n) is 7.96. The van der Waals surface area contributed by atoms with Crippen LogP contribution >= 0.6 is 0 Å². The van der Waals surface area contributed by atoms with Crippen molar-refractivity contribution in [2.45, 2.75) is 12.3 Å². The van der Waals surface area contributed by atoms with Gasteiger partial charge < -0.3 is 9.84 Å². The average molecular weight is 311 g/mol. The Balaban J connectivity index is 1.50. The van der Waals surface area contributed by atoms with Crippen molar-refractivity contribution in [3.63, 3.8) is 0 Å². The van der Waals surface area contributed by atoms with E-state index in [0.29, 0.717) is 18.3 Å². The lowest BCUT2D eigenvalue weighted by Gasteiger charge is -2.17. The number of hydrogen-bond acceptors (Lipinski definition) is 3. The van der Waals surface area contributed by atoms with Gasteiger partial charge in [-0.2, -0.15) is 0 Å². The van der Waals surface area contributed by atoms with Gasteiger partial charge in [0.1, 0.15) is 17.9 Å². The molecule has 120 valence electrons. The Morgan fingerprint density at radius 2 is 1.87 bits per heavy atom. The van der Waals surface area contributed by atoms with Crippen molar-refractivity contribution in [3.05, 3.63) is 65.7 Å². The van der Waals surface area contributed by atoms with E-state index in [-0.39, 0.29) is 5.56 Å². The summed E-state index contributed by atoms with van der Waals surface area (Å²) in [6, 6.07) is 17.4. The highest BCUT2D eigenvalue weighted by molar-refractivity contribution is 5.90. The number of carbonyl (C=O) groups is 1. The molecule has 2 aromatic rings. The third-order valence-electron chi connectivity index (χ3n) is 4.33. The predicted molar refractivity (Wildman–Crippen MR) is 89.1 cm³/mol. The van der Waals surface area contributed by atoms with Crippen LogP contribution in [-0.2, 0) is 0 Å². The highest BCUT2D eigenvalue weighted by atomic mass is 16.5. The summed E-state index contributed by atoms with van der Waals surface area (Å²) in [7, 11) is 0. The Labute approximate surface area is 136 Å². The van der Waals surface area contributed by atoms with Crippen LogP contribution in [0.3, 0.4) is 0 Å². The standard InChI is InChI=1S/C19H21NO3/c21-19(22)17-8-4-5-9-18(17)23-13-12-20-11-10-16(14-20)15-6-2-1-3-7-15/h1-9,16H,10-14H2,(H,21,22)/t16-/m1/s1. The molecule has 0 bridgehead atoms. The van der Waals surface area contributed by atoms with Crippen molar-refractivity contribution in [2.24, 2.45) is 0 Å². The van der Waals surface area contributed by atoms with E-state index < -0.39 is 5.97 Å². The Morgan fingerprint density at radius 3 is 2.65 bits per heavy atom. The van der Waals surface area contributed by atoms with Crippen molar-refractivity contribution in [3.8, 4) is 5.75 Å². The van der Waals surface area contributed by atoms with Crippen LogP contribution < -0.4 is 4.74 Å². The SMILES string of the molecule is O=C(O)c1ccccc1OCCN1CC[C@@H](c2ccccc2)C1. The lowest BCUT2D eigenvalue weighted by atomic mass is 9.99. The molecule has 0 aromatic heterocycles. The number of benzene rings is 2. The Morgan fingerprint density at radius 1 is 1.13 bits per heavy atom. The molecule has 0 amide bonds. The summed E-state index contributed by atoms with van der Waals surface area (Å²) in [5.41, 5.74) is 1.61. The summed E-state index contributed by atoms with van der Waals surface area (Å²) >= 11 is 0. The van der Waals surface area contributed by atoms with E-state index in [1.807, 2.05) is 6.07 Å². The lowest BCUT2D eigenvalue weighted by molar-refractivity contribution is 0.0691. The number of rotatable bonds is 6. The molecule has 0 radical (unpaired) electrons. The molecule has 1 atom stereocenters. The zero-order valence-electron chi connectivity index (χ0n) is 13.0. The number of ether oxygens (including phenoxy) is 1. The molecule has 0 saturated carbocycles. The number of aromatic carboxylic acids is 1. The minimum Gasteiger partial charge on any atom is -0.491 e. The molecule has 4 nitrogen and oxygen atoms in total. The number of likely N-dealkylation sites (tertiary alicyclic amines) is 1. The monoisotopic (exact) mass is 311 g/mol. The summed E-state index contributed by atoms with van der Waals surface area (Å²) < 4.78 is 5.68. The van der Waals surface area contributed by atoms with Crippen molar-refractivity contribution >= 4 is 5.97 Å². The number of para-hydroxylation sites is 1. The first-order valence-corrected chi connectivity index (χ1v) is 7.96. The first-order chi connectivity index (χ1) is 11.2. The second-order valence-electron chi connectivity index (χ2n) is 5.85. The molecule has 3 rings (SSSR count). The van der Waals surface area contributed by atoms with Crippen LogP contribution in [0.2, 0.25) is 0 Å². The van der Waals surface area contributed by atoms with Gasteiger partial charge in [0.15, 0.2) is 0 Å². The largest absolute Gasteiger partial charge is 0.491 e. The van der Waals surface area contributed by atoms with Crippen molar-refractivity contribution < 1.29 is 14.6 Å². The fraction of sp³-hybridized carbons (Fsp3) is 0.316. The Kier molecular flexibility index (Phi) is 4.93. The van der Waals surface area contributed by atoms with Gasteiger partial charge in [0.25, 0.3) is 0 Å². The normalized spacial score (nSPS) is 18.0. The number of carboxylic acid groups (broad SMARTS) is 1. The Bertz CT molecular complexity index is 657. The zero-order chi connectivity index (χ0) is 16.1. The minimum atomic E-state index is -0.953. The van der Waals surface area contributed by atoms with Gasteiger partial charge in [-0.05, 0) is 36.6 Å². The highest BCUT2D eigenvalue weighted by Gasteiger charge is 2.23. The molecule has 0 aliphatic carbocycles. The molecule has 1 saturated heterocycles. The van der Waals surface area contributed by atoms with E-state index in [0.717, 1.165) is 26.1 Å². The van der Waals surface area contributed by atoms with Crippen LogP contribution in [0.4, 0.5) is 0 Å². The predicted octanol–water partition coefficient (Wildman–Crippen LogP) is 3.25. The van der Waals surface area contributed by atoms with Gasteiger partial charge in [-0.3, -0.25) is 4.90 Å².